The van der Waals surface area contributed by atoms with Gasteiger partial charge in [-0.2, -0.15) is 0 Å². The Bertz CT molecular complexity index is 944. The molecule has 2 aliphatic rings. The van der Waals surface area contributed by atoms with E-state index in [1.54, 1.807) is 0 Å². The summed E-state index contributed by atoms with van der Waals surface area (Å²) >= 11 is 0. The van der Waals surface area contributed by atoms with E-state index in [1.165, 1.54) is 0 Å². The minimum absolute atomic E-state index is 0.0572. The number of rotatable bonds is 4. The molecule has 0 radical (unpaired) electrons. The fourth-order valence-corrected chi connectivity index (χ4v) is 4.41. The molecule has 0 aliphatic carbocycles. The van der Waals surface area contributed by atoms with E-state index in [9.17, 15) is 9.59 Å². The molecule has 2 bridgehead atoms. The summed E-state index contributed by atoms with van der Waals surface area (Å²) in [7, 11) is 0. The van der Waals surface area contributed by atoms with Crippen molar-refractivity contribution < 1.29 is 14.3 Å². The molecule has 0 saturated carbocycles. The SMILES string of the molecule is O=C(C[C@@H]1CCN2C[C@@H]1/C=C\COc1ccccc1CNCC2=O)NCc1ccccc1. The first kappa shape index (κ1) is 22.1. The van der Waals surface area contributed by atoms with E-state index >= 15 is 0 Å². The van der Waals surface area contributed by atoms with Crippen LogP contribution >= 0.6 is 0 Å². The highest BCUT2D eigenvalue weighted by molar-refractivity contribution is 5.79. The number of benzene rings is 2. The van der Waals surface area contributed by atoms with Crippen molar-refractivity contribution in [2.75, 3.05) is 26.2 Å². The van der Waals surface area contributed by atoms with Gasteiger partial charge in [-0.1, -0.05) is 60.7 Å². The topological polar surface area (TPSA) is 70.7 Å². The van der Waals surface area contributed by atoms with Crippen LogP contribution in [-0.4, -0.2) is 43.0 Å². The van der Waals surface area contributed by atoms with E-state index in [-0.39, 0.29) is 23.7 Å². The number of carbonyl (C=O) groups is 2. The zero-order valence-electron chi connectivity index (χ0n) is 18.3. The smallest absolute Gasteiger partial charge is 0.236 e. The molecule has 1 saturated heterocycles. The Morgan fingerprint density at radius 1 is 1.09 bits per heavy atom. The molecule has 2 aromatic carbocycles. The molecule has 2 heterocycles. The summed E-state index contributed by atoms with van der Waals surface area (Å²) in [6.07, 6.45) is 5.44. The molecule has 2 aromatic rings. The second-order valence-corrected chi connectivity index (χ2v) is 8.47. The predicted octanol–water partition coefficient (Wildman–Crippen LogP) is 2.90. The minimum atomic E-state index is 0.0572. The highest BCUT2D eigenvalue weighted by atomic mass is 16.5. The second-order valence-electron chi connectivity index (χ2n) is 8.47. The van der Waals surface area contributed by atoms with Crippen molar-refractivity contribution in [2.45, 2.75) is 25.9 Å². The molecule has 2 amide bonds. The van der Waals surface area contributed by atoms with Crippen molar-refractivity contribution in [3.63, 3.8) is 0 Å². The molecule has 4 rings (SSSR count). The lowest BCUT2D eigenvalue weighted by molar-refractivity contribution is -0.132. The van der Waals surface area contributed by atoms with Crippen LogP contribution in [0, 0.1) is 11.8 Å². The maximum atomic E-state index is 12.8. The van der Waals surface area contributed by atoms with Gasteiger partial charge in [0.15, 0.2) is 0 Å². The minimum Gasteiger partial charge on any atom is -0.489 e. The quantitative estimate of drug-likeness (QED) is 0.728. The number of piperidine rings is 1. The maximum absolute atomic E-state index is 12.8. The molecule has 1 fully saturated rings. The number of amides is 2. The highest BCUT2D eigenvalue weighted by Crippen LogP contribution is 2.28. The molecular weight excluding hydrogens is 402 g/mol. The molecule has 6 heteroatoms. The number of ether oxygens (including phenoxy) is 1. The Morgan fingerprint density at radius 2 is 1.91 bits per heavy atom. The Morgan fingerprint density at radius 3 is 2.78 bits per heavy atom. The lowest BCUT2D eigenvalue weighted by Crippen LogP contribution is -2.47. The third kappa shape index (κ3) is 5.98. The summed E-state index contributed by atoms with van der Waals surface area (Å²) < 4.78 is 5.96. The van der Waals surface area contributed by atoms with E-state index in [1.807, 2.05) is 65.6 Å². The van der Waals surface area contributed by atoms with Gasteiger partial charge in [0.1, 0.15) is 12.4 Å². The van der Waals surface area contributed by atoms with Crippen LogP contribution < -0.4 is 15.4 Å². The van der Waals surface area contributed by atoms with Gasteiger partial charge in [0.25, 0.3) is 0 Å². The number of hydrogen-bond acceptors (Lipinski definition) is 4. The molecule has 0 aromatic heterocycles. The Balaban J connectivity index is 1.40. The molecular formula is C26H31N3O3. The van der Waals surface area contributed by atoms with Crippen LogP contribution in [0.3, 0.4) is 0 Å². The zero-order chi connectivity index (χ0) is 22.2. The van der Waals surface area contributed by atoms with E-state index in [0.717, 1.165) is 23.3 Å². The Hall–Kier alpha value is -3.12. The van der Waals surface area contributed by atoms with E-state index in [4.69, 9.17) is 4.74 Å². The molecule has 6 nitrogen and oxygen atoms in total. The summed E-state index contributed by atoms with van der Waals surface area (Å²) in [4.78, 5) is 27.3. The molecule has 2 atom stereocenters. The number of para-hydroxylation sites is 1. The van der Waals surface area contributed by atoms with Gasteiger partial charge in [0.2, 0.25) is 11.8 Å². The second kappa shape index (κ2) is 11.0. The van der Waals surface area contributed by atoms with Gasteiger partial charge in [0.05, 0.1) is 6.54 Å². The molecule has 2 N–H and O–H groups in total. The first-order valence-electron chi connectivity index (χ1n) is 11.4. The fourth-order valence-electron chi connectivity index (χ4n) is 4.41. The van der Waals surface area contributed by atoms with Gasteiger partial charge in [-0.3, -0.25) is 9.59 Å². The van der Waals surface area contributed by atoms with Crippen molar-refractivity contribution in [2.24, 2.45) is 11.8 Å². The van der Waals surface area contributed by atoms with Crippen LogP contribution in [0.5, 0.6) is 5.75 Å². The van der Waals surface area contributed by atoms with Gasteiger partial charge in [-0.15, -0.1) is 0 Å². The van der Waals surface area contributed by atoms with Gasteiger partial charge in [-0.05, 0) is 29.9 Å². The Labute approximate surface area is 189 Å². The van der Waals surface area contributed by atoms with Crippen molar-refractivity contribution in [3.05, 3.63) is 77.9 Å². The maximum Gasteiger partial charge on any atom is 0.236 e. The van der Waals surface area contributed by atoms with Gasteiger partial charge in [0, 0.05) is 38.2 Å². The van der Waals surface area contributed by atoms with Crippen LogP contribution in [0.4, 0.5) is 0 Å². The monoisotopic (exact) mass is 433 g/mol. The van der Waals surface area contributed by atoms with Crippen molar-refractivity contribution in [1.82, 2.24) is 15.5 Å². The number of carbonyl (C=O) groups excluding carboxylic acids is 2. The molecule has 2 aliphatic heterocycles. The fraction of sp³-hybridized carbons (Fsp3) is 0.385. The summed E-state index contributed by atoms with van der Waals surface area (Å²) in [6.45, 7) is 3.22. The summed E-state index contributed by atoms with van der Waals surface area (Å²) in [6, 6.07) is 17.8. The average molecular weight is 434 g/mol. The van der Waals surface area contributed by atoms with E-state index in [2.05, 4.69) is 16.7 Å². The van der Waals surface area contributed by atoms with Crippen molar-refractivity contribution >= 4 is 11.8 Å². The standard InChI is InChI=1S/C26H31N3O3/c30-25(28-16-20-7-2-1-3-8-20)15-21-12-13-29-19-23(21)10-6-14-32-24-11-5-4-9-22(24)17-27-18-26(29)31/h1-11,21,23,27H,12-19H2,(H,28,30)/b10-6-/t21-,23-/m0/s1. The number of fused-ring (bicyclic) bond motifs is 3. The summed E-state index contributed by atoms with van der Waals surface area (Å²) in [5.41, 5.74) is 2.13. The largest absolute Gasteiger partial charge is 0.489 e. The first-order valence-corrected chi connectivity index (χ1v) is 11.4. The van der Waals surface area contributed by atoms with E-state index < -0.39 is 0 Å². The Kier molecular flexibility index (Phi) is 7.56. The zero-order valence-corrected chi connectivity index (χ0v) is 18.3. The predicted molar refractivity (Wildman–Crippen MR) is 124 cm³/mol. The molecule has 168 valence electrons. The highest BCUT2D eigenvalue weighted by Gasteiger charge is 2.31. The van der Waals surface area contributed by atoms with E-state index in [0.29, 0.717) is 45.8 Å². The molecule has 32 heavy (non-hydrogen) atoms. The van der Waals surface area contributed by atoms with Crippen molar-refractivity contribution in [3.8, 4) is 5.75 Å². The first-order chi connectivity index (χ1) is 15.7. The van der Waals surface area contributed by atoms with Crippen molar-refractivity contribution in [1.29, 1.82) is 0 Å². The van der Waals surface area contributed by atoms with Gasteiger partial charge >= 0.3 is 0 Å². The van der Waals surface area contributed by atoms with Crippen LogP contribution in [-0.2, 0) is 22.7 Å². The average Bonchev–Trinajstić information content (AvgIpc) is 2.83. The summed E-state index contributed by atoms with van der Waals surface area (Å²) in [5, 5.41) is 6.29. The third-order valence-electron chi connectivity index (χ3n) is 6.22. The van der Waals surface area contributed by atoms with Gasteiger partial charge in [-0.25, -0.2) is 0 Å². The molecule has 0 unspecified atom stereocenters. The van der Waals surface area contributed by atoms with Crippen LogP contribution in [0.25, 0.3) is 0 Å². The van der Waals surface area contributed by atoms with Crippen LogP contribution in [0.15, 0.2) is 66.7 Å². The number of nitrogens with zero attached hydrogens (tertiary/aromatic N) is 1. The normalized spacial score (nSPS) is 22.4. The lowest BCUT2D eigenvalue weighted by atomic mass is 9.82. The number of nitrogens with one attached hydrogen (secondary N) is 2. The van der Waals surface area contributed by atoms with Gasteiger partial charge < -0.3 is 20.3 Å². The number of hydrogen-bond donors (Lipinski definition) is 2. The lowest BCUT2D eigenvalue weighted by Gasteiger charge is -2.37. The van der Waals surface area contributed by atoms with Crippen LogP contribution in [0.1, 0.15) is 24.0 Å². The third-order valence-corrected chi connectivity index (χ3v) is 6.22. The molecule has 0 spiro atoms. The van der Waals surface area contributed by atoms with Crippen LogP contribution in [0.2, 0.25) is 0 Å². The summed E-state index contributed by atoms with van der Waals surface area (Å²) in [5.74, 6) is 1.33.